The number of amides is 1. The van der Waals surface area contributed by atoms with Crippen molar-refractivity contribution in [1.82, 2.24) is 9.36 Å². The van der Waals surface area contributed by atoms with Crippen molar-refractivity contribution in [2.45, 2.75) is 5.16 Å². The number of hydrogen-bond acceptors (Lipinski definition) is 10. The number of thioether (sulfide) groups is 1. The van der Waals surface area contributed by atoms with Crippen LogP contribution < -0.4 is 19.5 Å². The lowest BCUT2D eigenvalue weighted by Gasteiger charge is -2.10. The van der Waals surface area contributed by atoms with Crippen molar-refractivity contribution in [2.24, 2.45) is 0 Å². The van der Waals surface area contributed by atoms with Crippen LogP contribution in [0.3, 0.4) is 0 Å². The molecule has 1 heterocycles. The van der Waals surface area contributed by atoms with Crippen LogP contribution in [0.2, 0.25) is 0 Å². The lowest BCUT2D eigenvalue weighted by molar-refractivity contribution is -0.112. The van der Waals surface area contributed by atoms with E-state index in [1.54, 1.807) is 36.4 Å². The highest BCUT2D eigenvalue weighted by molar-refractivity contribution is 7.98. The SMILES string of the molecule is COc1ccc(C(=O)Oc2ccc(/C=C(/C#N)C(=O)Nc3nc(SC)ns3)cc2OC)cc1. The Bertz CT molecular complexity index is 1230. The molecular weight excluding hydrogens is 464 g/mol. The summed E-state index contributed by atoms with van der Waals surface area (Å²) in [5.74, 6) is -0.115. The Morgan fingerprint density at radius 1 is 1.12 bits per heavy atom. The average Bonchev–Trinajstić information content (AvgIpc) is 3.30. The van der Waals surface area contributed by atoms with Crippen LogP contribution in [0.1, 0.15) is 15.9 Å². The summed E-state index contributed by atoms with van der Waals surface area (Å²) >= 11 is 2.37. The number of carbonyl (C=O) groups excluding carboxylic acids is 2. The van der Waals surface area contributed by atoms with Gasteiger partial charge in [0.15, 0.2) is 11.5 Å². The molecule has 168 valence electrons. The number of carbonyl (C=O) groups is 2. The van der Waals surface area contributed by atoms with Crippen molar-refractivity contribution in [1.29, 1.82) is 5.26 Å². The van der Waals surface area contributed by atoms with Crippen molar-refractivity contribution in [2.75, 3.05) is 25.8 Å². The predicted octanol–water partition coefficient (Wildman–Crippen LogP) is 4.04. The van der Waals surface area contributed by atoms with Gasteiger partial charge in [-0.05, 0) is 54.3 Å². The molecule has 0 aliphatic rings. The Morgan fingerprint density at radius 2 is 1.88 bits per heavy atom. The molecule has 0 atom stereocenters. The van der Waals surface area contributed by atoms with Crippen molar-refractivity contribution >= 4 is 46.4 Å². The van der Waals surface area contributed by atoms with Gasteiger partial charge in [0.2, 0.25) is 10.3 Å². The highest BCUT2D eigenvalue weighted by Gasteiger charge is 2.15. The van der Waals surface area contributed by atoms with Gasteiger partial charge in [0.05, 0.1) is 19.8 Å². The number of rotatable bonds is 8. The first kappa shape index (κ1) is 23.8. The molecule has 1 N–H and O–H groups in total. The summed E-state index contributed by atoms with van der Waals surface area (Å²) < 4.78 is 19.9. The molecule has 0 fully saturated rings. The second-order valence-corrected chi connectivity index (χ2v) is 7.76. The van der Waals surface area contributed by atoms with Crippen molar-refractivity contribution in [3.8, 4) is 23.3 Å². The Kier molecular flexibility index (Phi) is 8.01. The molecule has 33 heavy (non-hydrogen) atoms. The number of nitrogens with one attached hydrogen (secondary N) is 1. The zero-order chi connectivity index (χ0) is 23.8. The molecule has 0 radical (unpaired) electrons. The van der Waals surface area contributed by atoms with Crippen LogP contribution in [0.25, 0.3) is 6.08 Å². The molecule has 0 bridgehead atoms. The summed E-state index contributed by atoms with van der Waals surface area (Å²) in [5.41, 5.74) is 0.706. The van der Waals surface area contributed by atoms with Crippen LogP contribution in [-0.2, 0) is 4.79 Å². The van der Waals surface area contributed by atoms with Gasteiger partial charge in [0.1, 0.15) is 17.4 Å². The fourth-order valence-electron chi connectivity index (χ4n) is 2.57. The molecule has 9 nitrogen and oxygen atoms in total. The maximum Gasteiger partial charge on any atom is 0.343 e. The molecule has 3 rings (SSSR count). The zero-order valence-corrected chi connectivity index (χ0v) is 19.5. The van der Waals surface area contributed by atoms with Crippen LogP contribution in [-0.4, -0.2) is 41.7 Å². The lowest BCUT2D eigenvalue weighted by Crippen LogP contribution is -2.13. The van der Waals surface area contributed by atoms with Gasteiger partial charge in [-0.15, -0.1) is 0 Å². The second kappa shape index (κ2) is 11.1. The number of hydrogen-bond donors (Lipinski definition) is 1. The van der Waals surface area contributed by atoms with E-state index < -0.39 is 11.9 Å². The Hall–Kier alpha value is -3.88. The molecule has 0 spiro atoms. The van der Waals surface area contributed by atoms with Gasteiger partial charge in [0, 0.05) is 11.5 Å². The van der Waals surface area contributed by atoms with Gasteiger partial charge in [0.25, 0.3) is 5.91 Å². The first-order valence-corrected chi connectivity index (χ1v) is 11.3. The number of aromatic nitrogens is 2. The number of esters is 1. The monoisotopic (exact) mass is 482 g/mol. The topological polar surface area (TPSA) is 123 Å². The number of anilines is 1. The number of ether oxygens (including phenoxy) is 3. The maximum absolute atomic E-state index is 12.4. The minimum atomic E-state index is -0.615. The van der Waals surface area contributed by atoms with Gasteiger partial charge in [-0.3, -0.25) is 10.1 Å². The molecule has 0 saturated carbocycles. The van der Waals surface area contributed by atoms with Crippen LogP contribution in [0.15, 0.2) is 53.2 Å². The first-order chi connectivity index (χ1) is 16.0. The van der Waals surface area contributed by atoms with Crippen LogP contribution in [0, 0.1) is 11.3 Å². The summed E-state index contributed by atoms with van der Waals surface area (Å²) in [4.78, 5) is 29.0. The highest BCUT2D eigenvalue weighted by Crippen LogP contribution is 2.30. The average molecular weight is 483 g/mol. The fourth-order valence-corrected chi connectivity index (χ4v) is 3.69. The van der Waals surface area contributed by atoms with Gasteiger partial charge in [-0.25, -0.2) is 4.79 Å². The Labute approximate surface area is 198 Å². The van der Waals surface area contributed by atoms with Crippen LogP contribution in [0.5, 0.6) is 17.2 Å². The van der Waals surface area contributed by atoms with E-state index in [4.69, 9.17) is 14.2 Å². The van der Waals surface area contributed by atoms with Gasteiger partial charge < -0.3 is 14.2 Å². The third-order valence-electron chi connectivity index (χ3n) is 4.20. The summed E-state index contributed by atoms with van der Waals surface area (Å²) in [6.45, 7) is 0. The quantitative estimate of drug-likeness (QED) is 0.166. The highest BCUT2D eigenvalue weighted by atomic mass is 32.2. The second-order valence-electron chi connectivity index (χ2n) is 6.24. The molecule has 11 heteroatoms. The van der Waals surface area contributed by atoms with Crippen molar-refractivity contribution in [3.63, 3.8) is 0 Å². The molecule has 0 aliphatic heterocycles. The van der Waals surface area contributed by atoms with E-state index in [1.807, 2.05) is 12.3 Å². The van der Waals surface area contributed by atoms with Gasteiger partial charge >= 0.3 is 5.97 Å². The molecule has 3 aromatic rings. The lowest BCUT2D eigenvalue weighted by atomic mass is 10.1. The summed E-state index contributed by atoms with van der Waals surface area (Å²) in [5, 5.41) is 12.8. The fraction of sp³-hybridized carbons (Fsp3) is 0.136. The number of nitriles is 1. The molecule has 0 unspecified atom stereocenters. The van der Waals surface area contributed by atoms with Gasteiger partial charge in [-0.1, -0.05) is 17.8 Å². The Morgan fingerprint density at radius 3 is 2.48 bits per heavy atom. The zero-order valence-electron chi connectivity index (χ0n) is 17.8. The Balaban J connectivity index is 1.76. The largest absolute Gasteiger partial charge is 0.497 e. The van der Waals surface area contributed by atoms with Gasteiger partial charge in [-0.2, -0.15) is 14.6 Å². The van der Waals surface area contributed by atoms with Crippen LogP contribution in [0.4, 0.5) is 5.13 Å². The molecule has 0 aliphatic carbocycles. The van der Waals surface area contributed by atoms with E-state index in [9.17, 15) is 14.9 Å². The standard InChI is InChI=1S/C22H18N4O5S2/c1-29-16-7-5-14(6-8-16)20(28)31-17-9-4-13(11-18(17)30-2)10-15(12-23)19(27)24-21-25-22(32-3)26-33-21/h4-11H,1-3H3,(H,24,25,26,27)/b15-10-. The normalized spacial score (nSPS) is 10.8. The van der Waals surface area contributed by atoms with Crippen molar-refractivity contribution < 1.29 is 23.8 Å². The van der Waals surface area contributed by atoms with E-state index in [0.29, 0.717) is 27.2 Å². The minimum absolute atomic E-state index is 0.138. The van der Waals surface area contributed by atoms with Crippen LogP contribution >= 0.6 is 23.3 Å². The predicted molar refractivity (Wildman–Crippen MR) is 125 cm³/mol. The summed E-state index contributed by atoms with van der Waals surface area (Å²) in [6.07, 6.45) is 3.21. The molecule has 1 aromatic heterocycles. The molecule has 0 saturated heterocycles. The number of benzene rings is 2. The molecule has 2 aromatic carbocycles. The van der Waals surface area contributed by atoms with E-state index >= 15 is 0 Å². The summed E-state index contributed by atoms with van der Waals surface area (Å²) in [6, 6.07) is 13.0. The molecular formula is C22H18N4O5S2. The van der Waals surface area contributed by atoms with E-state index in [-0.39, 0.29) is 17.1 Å². The third-order valence-corrected chi connectivity index (χ3v) is 5.50. The number of nitrogens with zero attached hydrogens (tertiary/aromatic N) is 3. The van der Waals surface area contributed by atoms with E-state index in [1.165, 1.54) is 38.1 Å². The first-order valence-electron chi connectivity index (χ1n) is 9.32. The summed E-state index contributed by atoms with van der Waals surface area (Å²) in [7, 11) is 2.96. The van der Waals surface area contributed by atoms with Crippen molar-refractivity contribution in [3.05, 3.63) is 59.2 Å². The smallest absolute Gasteiger partial charge is 0.343 e. The maximum atomic E-state index is 12.4. The number of methoxy groups -OCH3 is 2. The minimum Gasteiger partial charge on any atom is -0.497 e. The third kappa shape index (κ3) is 6.09. The molecule has 1 amide bonds. The van der Waals surface area contributed by atoms with E-state index in [2.05, 4.69) is 14.7 Å². The van der Waals surface area contributed by atoms with E-state index in [0.717, 1.165) is 11.5 Å².